The molecule has 0 N–H and O–H groups in total. The fraction of sp³-hybridized carbons (Fsp3) is 0.647. The Hall–Kier alpha value is -0.780. The third kappa shape index (κ3) is 3.34. The van der Waals surface area contributed by atoms with Gasteiger partial charge in [0.1, 0.15) is 0 Å². The number of rotatable bonds is 1. The molecule has 0 fully saturated rings. The van der Waals surface area contributed by atoms with Crippen LogP contribution in [-0.4, -0.2) is 0 Å². The van der Waals surface area contributed by atoms with Crippen molar-refractivity contribution in [3.63, 3.8) is 0 Å². The van der Waals surface area contributed by atoms with Crippen molar-refractivity contribution < 1.29 is 0 Å². The molecular weight excluding hydrogens is 204 g/mol. The van der Waals surface area contributed by atoms with Crippen LogP contribution in [0.1, 0.15) is 66.0 Å². The lowest BCUT2D eigenvalue weighted by Gasteiger charge is -2.27. The molecule has 0 bridgehead atoms. The zero-order chi connectivity index (χ0) is 13.5. The fourth-order valence-corrected chi connectivity index (χ4v) is 2.72. The zero-order valence-corrected chi connectivity index (χ0v) is 12.8. The van der Waals surface area contributed by atoms with Gasteiger partial charge in [-0.1, -0.05) is 79.2 Å². The van der Waals surface area contributed by atoms with Gasteiger partial charge in [0.05, 0.1) is 0 Å². The molecule has 1 unspecified atom stereocenters. The number of hydrogen-bond acceptors (Lipinski definition) is 0. The molecule has 0 radical (unpaired) electrons. The predicted octanol–water partition coefficient (Wildman–Crippen LogP) is 5.60. The van der Waals surface area contributed by atoms with E-state index in [1.54, 1.807) is 11.1 Å². The van der Waals surface area contributed by atoms with Crippen LogP contribution in [0.5, 0.6) is 0 Å². The molecule has 0 saturated carbocycles. The van der Waals surface area contributed by atoms with Crippen molar-refractivity contribution in [2.45, 2.75) is 66.7 Å². The average molecular weight is 234 g/mol. The SMILES string of the molecule is CC.CC.CCC1Cc2ccccc2C1(C)C. The van der Waals surface area contributed by atoms with Crippen molar-refractivity contribution in [1.29, 1.82) is 0 Å². The Labute approximate surface area is 108 Å². The van der Waals surface area contributed by atoms with Crippen LogP contribution in [0.4, 0.5) is 0 Å². The van der Waals surface area contributed by atoms with Gasteiger partial charge in [-0.2, -0.15) is 0 Å². The van der Waals surface area contributed by atoms with E-state index in [0.717, 1.165) is 5.92 Å². The molecule has 1 aromatic carbocycles. The predicted molar refractivity (Wildman–Crippen MR) is 79.6 cm³/mol. The van der Waals surface area contributed by atoms with Gasteiger partial charge in [0.15, 0.2) is 0 Å². The Balaban J connectivity index is 0.000000581. The maximum absolute atomic E-state index is 2.38. The summed E-state index contributed by atoms with van der Waals surface area (Å²) in [6.45, 7) is 15.1. The second-order valence-electron chi connectivity index (χ2n) is 4.69. The molecule has 0 aliphatic heterocycles. The molecule has 0 amide bonds. The Morgan fingerprint density at radius 3 is 2.06 bits per heavy atom. The topological polar surface area (TPSA) is 0 Å². The molecule has 0 heteroatoms. The second kappa shape index (κ2) is 7.53. The van der Waals surface area contributed by atoms with E-state index in [1.165, 1.54) is 12.8 Å². The number of benzene rings is 1. The van der Waals surface area contributed by atoms with Crippen LogP contribution in [0.25, 0.3) is 0 Å². The molecule has 2 rings (SSSR count). The average Bonchev–Trinajstić information content (AvgIpc) is 2.66. The van der Waals surface area contributed by atoms with E-state index in [-0.39, 0.29) is 0 Å². The minimum atomic E-state index is 0.394. The summed E-state index contributed by atoms with van der Waals surface area (Å²) in [5, 5.41) is 0. The molecule has 17 heavy (non-hydrogen) atoms. The third-order valence-corrected chi connectivity index (χ3v) is 3.69. The van der Waals surface area contributed by atoms with Crippen molar-refractivity contribution >= 4 is 0 Å². The molecule has 0 spiro atoms. The minimum Gasteiger partial charge on any atom is -0.0683 e. The molecule has 0 aromatic heterocycles. The second-order valence-corrected chi connectivity index (χ2v) is 4.69. The van der Waals surface area contributed by atoms with Crippen LogP contribution in [0.3, 0.4) is 0 Å². The van der Waals surface area contributed by atoms with E-state index in [9.17, 15) is 0 Å². The molecule has 1 aliphatic carbocycles. The first-order valence-electron chi connectivity index (χ1n) is 7.24. The fourth-order valence-electron chi connectivity index (χ4n) is 2.72. The highest BCUT2D eigenvalue weighted by atomic mass is 14.4. The lowest BCUT2D eigenvalue weighted by atomic mass is 9.77. The zero-order valence-electron chi connectivity index (χ0n) is 12.8. The van der Waals surface area contributed by atoms with Crippen LogP contribution in [0.2, 0.25) is 0 Å². The highest BCUT2D eigenvalue weighted by Crippen LogP contribution is 2.43. The summed E-state index contributed by atoms with van der Waals surface area (Å²) in [6, 6.07) is 8.91. The summed E-state index contributed by atoms with van der Waals surface area (Å²) in [5.41, 5.74) is 3.53. The summed E-state index contributed by atoms with van der Waals surface area (Å²) in [6.07, 6.45) is 2.57. The highest BCUT2D eigenvalue weighted by Gasteiger charge is 2.37. The highest BCUT2D eigenvalue weighted by molar-refractivity contribution is 5.39. The molecular formula is C17H30. The van der Waals surface area contributed by atoms with Crippen molar-refractivity contribution in [3.8, 4) is 0 Å². The third-order valence-electron chi connectivity index (χ3n) is 3.69. The van der Waals surface area contributed by atoms with Gasteiger partial charge in [-0.05, 0) is 28.9 Å². The molecule has 98 valence electrons. The normalized spacial score (nSPS) is 19.4. The van der Waals surface area contributed by atoms with E-state index in [2.05, 4.69) is 45.0 Å². The molecule has 0 saturated heterocycles. The van der Waals surface area contributed by atoms with Gasteiger partial charge < -0.3 is 0 Å². The maximum atomic E-state index is 2.38. The lowest BCUT2D eigenvalue weighted by Crippen LogP contribution is -2.23. The van der Waals surface area contributed by atoms with Gasteiger partial charge in [-0.15, -0.1) is 0 Å². The van der Waals surface area contributed by atoms with Gasteiger partial charge in [-0.3, -0.25) is 0 Å². The Morgan fingerprint density at radius 1 is 1.06 bits per heavy atom. The quantitative estimate of drug-likeness (QED) is 0.593. The summed E-state index contributed by atoms with van der Waals surface area (Å²) in [4.78, 5) is 0. The van der Waals surface area contributed by atoms with E-state index in [4.69, 9.17) is 0 Å². The van der Waals surface area contributed by atoms with Crippen LogP contribution >= 0.6 is 0 Å². The summed E-state index contributed by atoms with van der Waals surface area (Å²) in [5.74, 6) is 0.838. The molecule has 1 aliphatic rings. The summed E-state index contributed by atoms with van der Waals surface area (Å²) in [7, 11) is 0. The van der Waals surface area contributed by atoms with Gasteiger partial charge in [-0.25, -0.2) is 0 Å². The van der Waals surface area contributed by atoms with Gasteiger partial charge in [0.25, 0.3) is 0 Å². The minimum absolute atomic E-state index is 0.394. The summed E-state index contributed by atoms with van der Waals surface area (Å²) >= 11 is 0. The van der Waals surface area contributed by atoms with Gasteiger partial charge in [0.2, 0.25) is 0 Å². The van der Waals surface area contributed by atoms with Crippen molar-refractivity contribution in [2.75, 3.05) is 0 Å². The smallest absolute Gasteiger partial charge is 0.00695 e. The van der Waals surface area contributed by atoms with E-state index in [0.29, 0.717) is 5.41 Å². The number of hydrogen-bond donors (Lipinski definition) is 0. The first-order valence-corrected chi connectivity index (χ1v) is 7.24. The van der Waals surface area contributed by atoms with Crippen LogP contribution in [-0.2, 0) is 11.8 Å². The van der Waals surface area contributed by atoms with E-state index < -0.39 is 0 Å². The van der Waals surface area contributed by atoms with Crippen molar-refractivity contribution in [2.24, 2.45) is 5.92 Å². The standard InChI is InChI=1S/C13H18.2C2H6/c1-4-11-9-10-7-5-6-8-12(10)13(11,2)3;2*1-2/h5-8,11H,4,9H2,1-3H3;2*1-2H3. The van der Waals surface area contributed by atoms with E-state index >= 15 is 0 Å². The molecule has 0 nitrogen and oxygen atoms in total. The molecule has 1 aromatic rings. The van der Waals surface area contributed by atoms with Crippen molar-refractivity contribution in [3.05, 3.63) is 35.4 Å². The lowest BCUT2D eigenvalue weighted by molar-refractivity contribution is 0.339. The van der Waals surface area contributed by atoms with Crippen LogP contribution in [0.15, 0.2) is 24.3 Å². The Morgan fingerprint density at radius 2 is 1.59 bits per heavy atom. The number of fused-ring (bicyclic) bond motifs is 1. The Kier molecular flexibility index (Phi) is 7.18. The molecule has 0 heterocycles. The monoisotopic (exact) mass is 234 g/mol. The van der Waals surface area contributed by atoms with Gasteiger partial charge in [0, 0.05) is 0 Å². The largest absolute Gasteiger partial charge is 0.0683 e. The first-order chi connectivity index (χ1) is 8.16. The van der Waals surface area contributed by atoms with E-state index in [1.807, 2.05) is 27.7 Å². The maximum Gasteiger partial charge on any atom is -0.00695 e. The molecule has 1 atom stereocenters. The summed E-state index contributed by atoms with van der Waals surface area (Å²) < 4.78 is 0. The van der Waals surface area contributed by atoms with Crippen LogP contribution < -0.4 is 0 Å². The first kappa shape index (κ1) is 16.2. The van der Waals surface area contributed by atoms with Crippen LogP contribution in [0, 0.1) is 5.92 Å². The Bertz CT molecular complexity index is 310. The van der Waals surface area contributed by atoms with Gasteiger partial charge >= 0.3 is 0 Å². The van der Waals surface area contributed by atoms with Crippen molar-refractivity contribution in [1.82, 2.24) is 0 Å².